The first-order chi connectivity index (χ1) is 8.60. The summed E-state index contributed by atoms with van der Waals surface area (Å²) in [5.41, 5.74) is 0.943. The molecule has 0 atom stereocenters. The van der Waals surface area contributed by atoms with E-state index in [9.17, 15) is 9.59 Å². The fraction of sp³-hybridized carbons (Fsp3) is 0.167. The number of rotatable bonds is 3. The quantitative estimate of drug-likeness (QED) is 0.691. The van der Waals surface area contributed by atoms with Gasteiger partial charge in [-0.05, 0) is 35.0 Å². The summed E-state index contributed by atoms with van der Waals surface area (Å²) in [5.74, 6) is -0.571. The number of esters is 1. The van der Waals surface area contributed by atoms with Crippen LogP contribution in [0.5, 0.6) is 0 Å². The van der Waals surface area contributed by atoms with Crippen LogP contribution >= 0.6 is 27.5 Å². The fourth-order valence-electron chi connectivity index (χ4n) is 1.74. The van der Waals surface area contributed by atoms with Crippen LogP contribution in [0.3, 0.4) is 0 Å². The van der Waals surface area contributed by atoms with Crippen molar-refractivity contribution in [2.75, 3.05) is 6.61 Å². The SMILES string of the molecule is CCOC(=O)c1[nH]c2c(Br)ccc(Cl)c2c1C=O. The van der Waals surface area contributed by atoms with Crippen molar-refractivity contribution >= 4 is 50.7 Å². The van der Waals surface area contributed by atoms with Crippen molar-refractivity contribution in [1.29, 1.82) is 0 Å². The predicted molar refractivity (Wildman–Crippen MR) is 72.4 cm³/mol. The van der Waals surface area contributed by atoms with Gasteiger partial charge in [0.05, 0.1) is 22.7 Å². The van der Waals surface area contributed by atoms with Gasteiger partial charge in [-0.15, -0.1) is 0 Å². The van der Waals surface area contributed by atoms with Crippen molar-refractivity contribution in [3.05, 3.63) is 32.9 Å². The minimum Gasteiger partial charge on any atom is -0.461 e. The van der Waals surface area contributed by atoms with Crippen molar-refractivity contribution in [3.63, 3.8) is 0 Å². The Morgan fingerprint density at radius 3 is 2.89 bits per heavy atom. The molecule has 0 aliphatic carbocycles. The summed E-state index contributed by atoms with van der Waals surface area (Å²) in [4.78, 5) is 25.8. The molecule has 0 aliphatic heterocycles. The van der Waals surface area contributed by atoms with Gasteiger partial charge in [0.1, 0.15) is 5.69 Å². The summed E-state index contributed by atoms with van der Waals surface area (Å²) in [6.45, 7) is 1.94. The summed E-state index contributed by atoms with van der Waals surface area (Å²) in [6.07, 6.45) is 0.601. The Morgan fingerprint density at radius 1 is 1.56 bits per heavy atom. The van der Waals surface area contributed by atoms with Gasteiger partial charge >= 0.3 is 5.97 Å². The second kappa shape index (κ2) is 5.12. The molecule has 0 spiro atoms. The average Bonchev–Trinajstić information content (AvgIpc) is 2.74. The van der Waals surface area contributed by atoms with Gasteiger partial charge in [-0.25, -0.2) is 4.79 Å². The van der Waals surface area contributed by atoms with E-state index in [1.165, 1.54) is 0 Å². The van der Waals surface area contributed by atoms with Crippen LogP contribution in [0, 0.1) is 0 Å². The highest BCUT2D eigenvalue weighted by atomic mass is 79.9. The number of aromatic amines is 1. The number of nitrogens with one attached hydrogen (secondary N) is 1. The third-order valence-corrected chi connectivity index (χ3v) is 3.47. The predicted octanol–water partition coefficient (Wildman–Crippen LogP) is 3.57. The number of carbonyl (C=O) groups is 2. The first kappa shape index (κ1) is 13.1. The van der Waals surface area contributed by atoms with Gasteiger partial charge in [0.2, 0.25) is 0 Å². The van der Waals surface area contributed by atoms with E-state index in [2.05, 4.69) is 20.9 Å². The average molecular weight is 331 g/mol. The minimum atomic E-state index is -0.571. The molecule has 2 aromatic rings. The highest BCUT2D eigenvalue weighted by Gasteiger charge is 2.21. The van der Waals surface area contributed by atoms with Crippen LogP contribution in [0.4, 0.5) is 0 Å². The number of hydrogen-bond donors (Lipinski definition) is 1. The summed E-state index contributed by atoms with van der Waals surface area (Å²) in [5, 5.41) is 0.922. The summed E-state index contributed by atoms with van der Waals surface area (Å²) in [6, 6.07) is 3.40. The third kappa shape index (κ3) is 2.04. The van der Waals surface area contributed by atoms with Crippen molar-refractivity contribution in [2.45, 2.75) is 6.92 Å². The van der Waals surface area contributed by atoms with E-state index in [0.29, 0.717) is 22.2 Å². The molecule has 1 aromatic carbocycles. The smallest absolute Gasteiger partial charge is 0.355 e. The van der Waals surface area contributed by atoms with E-state index >= 15 is 0 Å². The highest BCUT2D eigenvalue weighted by molar-refractivity contribution is 9.10. The van der Waals surface area contributed by atoms with Crippen LogP contribution in [0.25, 0.3) is 10.9 Å². The number of ether oxygens (including phenoxy) is 1. The number of fused-ring (bicyclic) bond motifs is 1. The van der Waals surface area contributed by atoms with Crippen molar-refractivity contribution in [3.8, 4) is 0 Å². The molecule has 18 heavy (non-hydrogen) atoms. The van der Waals surface area contributed by atoms with Gasteiger partial charge < -0.3 is 9.72 Å². The fourth-order valence-corrected chi connectivity index (χ4v) is 2.43. The molecule has 6 heteroatoms. The van der Waals surface area contributed by atoms with Crippen LogP contribution < -0.4 is 0 Å². The maximum atomic E-state index is 11.7. The minimum absolute atomic E-state index is 0.121. The number of halogens is 2. The molecule has 4 nitrogen and oxygen atoms in total. The van der Waals surface area contributed by atoms with E-state index in [4.69, 9.17) is 16.3 Å². The Morgan fingerprint density at radius 2 is 2.28 bits per heavy atom. The lowest BCUT2D eigenvalue weighted by Gasteiger charge is -1.99. The lowest BCUT2D eigenvalue weighted by molar-refractivity contribution is 0.0518. The zero-order valence-corrected chi connectivity index (χ0v) is 11.8. The number of H-pyrrole nitrogens is 1. The molecule has 0 saturated heterocycles. The van der Waals surface area contributed by atoms with Gasteiger partial charge in [-0.3, -0.25) is 4.79 Å². The molecule has 0 bridgehead atoms. The van der Waals surface area contributed by atoms with Gasteiger partial charge in [-0.1, -0.05) is 11.6 Å². The second-order valence-electron chi connectivity index (χ2n) is 3.53. The van der Waals surface area contributed by atoms with E-state index in [-0.39, 0.29) is 17.9 Å². The molecule has 1 N–H and O–H groups in total. The first-order valence-corrected chi connectivity index (χ1v) is 6.39. The van der Waals surface area contributed by atoms with Crippen molar-refractivity contribution in [2.24, 2.45) is 0 Å². The van der Waals surface area contributed by atoms with Crippen LogP contribution in [0.15, 0.2) is 16.6 Å². The molecule has 0 unspecified atom stereocenters. The van der Waals surface area contributed by atoms with Gasteiger partial charge in [-0.2, -0.15) is 0 Å². The molecular weight excluding hydrogens is 321 g/mol. The molecule has 0 fully saturated rings. The van der Waals surface area contributed by atoms with Crippen LogP contribution in [-0.2, 0) is 4.74 Å². The maximum absolute atomic E-state index is 11.7. The number of benzene rings is 1. The Hall–Kier alpha value is -1.33. The number of carbonyl (C=O) groups excluding carboxylic acids is 2. The number of aromatic nitrogens is 1. The van der Waals surface area contributed by atoms with Gasteiger partial charge in [0, 0.05) is 9.86 Å². The maximum Gasteiger partial charge on any atom is 0.355 e. The Labute approximate surface area is 116 Å². The molecule has 0 saturated carbocycles. The largest absolute Gasteiger partial charge is 0.461 e. The van der Waals surface area contributed by atoms with Crippen LogP contribution in [0.2, 0.25) is 5.02 Å². The van der Waals surface area contributed by atoms with Crippen molar-refractivity contribution in [1.82, 2.24) is 4.98 Å². The number of aldehydes is 1. The van der Waals surface area contributed by atoms with E-state index in [1.54, 1.807) is 19.1 Å². The summed E-state index contributed by atoms with van der Waals surface area (Å²) >= 11 is 9.39. The first-order valence-electron chi connectivity index (χ1n) is 5.22. The normalized spacial score (nSPS) is 10.6. The molecule has 94 valence electrons. The number of hydrogen-bond acceptors (Lipinski definition) is 3. The Bertz CT molecular complexity index is 636. The molecule has 0 amide bonds. The molecular formula is C12H9BrClNO3. The monoisotopic (exact) mass is 329 g/mol. The van der Waals surface area contributed by atoms with E-state index in [0.717, 1.165) is 4.47 Å². The van der Waals surface area contributed by atoms with Crippen molar-refractivity contribution < 1.29 is 14.3 Å². The lowest BCUT2D eigenvalue weighted by atomic mass is 10.1. The summed E-state index contributed by atoms with van der Waals surface area (Å²) < 4.78 is 5.61. The van der Waals surface area contributed by atoms with Crippen LogP contribution in [-0.4, -0.2) is 23.8 Å². The Balaban J connectivity index is 2.76. The molecule has 1 heterocycles. The van der Waals surface area contributed by atoms with E-state index in [1.807, 2.05) is 0 Å². The molecule has 0 aliphatic rings. The van der Waals surface area contributed by atoms with Crippen LogP contribution in [0.1, 0.15) is 27.8 Å². The zero-order valence-electron chi connectivity index (χ0n) is 9.42. The molecule has 1 aromatic heterocycles. The lowest BCUT2D eigenvalue weighted by Crippen LogP contribution is -2.07. The second-order valence-corrected chi connectivity index (χ2v) is 4.79. The van der Waals surface area contributed by atoms with E-state index < -0.39 is 5.97 Å². The Kier molecular flexibility index (Phi) is 3.73. The van der Waals surface area contributed by atoms with Gasteiger partial charge in [0.15, 0.2) is 6.29 Å². The topological polar surface area (TPSA) is 59.2 Å². The molecule has 2 rings (SSSR count). The zero-order chi connectivity index (χ0) is 13.3. The standard InChI is InChI=1S/C12H9BrClNO3/c1-2-18-12(17)10-6(5-16)9-8(14)4-3-7(13)11(9)15-10/h3-5,15H,2H2,1H3. The molecule has 0 radical (unpaired) electrons. The highest BCUT2D eigenvalue weighted by Crippen LogP contribution is 2.33. The third-order valence-electron chi connectivity index (χ3n) is 2.49. The van der Waals surface area contributed by atoms with Gasteiger partial charge in [0.25, 0.3) is 0 Å². The summed E-state index contributed by atoms with van der Waals surface area (Å²) in [7, 11) is 0.